The molecular formula is C26H28FN5O2S. The van der Waals surface area contributed by atoms with E-state index in [-0.39, 0.29) is 17.9 Å². The Balaban J connectivity index is 0.000000256. The number of aromatic hydroxyl groups is 1. The second-order valence-corrected chi connectivity index (χ2v) is 8.21. The van der Waals surface area contributed by atoms with Gasteiger partial charge in [-0.1, -0.05) is 43.0 Å². The molecule has 0 aliphatic carbocycles. The standard InChI is InChI=1S/C17H21FN4OS.C9H7NO/c1-12(14-6-4-5-7-15(14)23)10-17(20-9-8-19-3)22-13(2)16(24-18)11-21-22;11-6-8-5-7-3-1-2-4-9(7)10-8/h4-7,10-11,19-20,23H,1,8-9H2,2-3H3;1-6,10H/b17-10-;. The number of allylic oxidation sites excluding steroid dienone is 2. The van der Waals surface area contributed by atoms with Crippen LogP contribution in [0.2, 0.25) is 0 Å². The van der Waals surface area contributed by atoms with Gasteiger partial charge in [0.1, 0.15) is 11.6 Å². The molecule has 4 aromatic rings. The van der Waals surface area contributed by atoms with Gasteiger partial charge in [0.25, 0.3) is 0 Å². The SMILES string of the molecule is C=C(/C=C(/NCCNC)n1ncc(SF)c1C)c1ccccc1O.O=Cc1cc2ccccc2[nH]1. The number of aromatic amines is 1. The summed E-state index contributed by atoms with van der Waals surface area (Å²) in [5.41, 5.74) is 3.59. The Labute approximate surface area is 208 Å². The maximum absolute atomic E-state index is 12.9. The normalized spacial score (nSPS) is 11.1. The minimum absolute atomic E-state index is 0.158. The van der Waals surface area contributed by atoms with Crippen LogP contribution in [-0.4, -0.2) is 46.3 Å². The number of aldehydes is 1. The zero-order valence-electron chi connectivity index (χ0n) is 19.6. The third kappa shape index (κ3) is 6.62. The van der Waals surface area contributed by atoms with Crippen LogP contribution in [0.5, 0.6) is 5.75 Å². The number of likely N-dealkylation sites (N-methyl/N-ethyl adjacent to an activating group) is 1. The van der Waals surface area contributed by atoms with Gasteiger partial charge in [-0.2, -0.15) is 8.98 Å². The molecule has 4 N–H and O–H groups in total. The van der Waals surface area contributed by atoms with E-state index >= 15 is 0 Å². The largest absolute Gasteiger partial charge is 0.507 e. The topological polar surface area (TPSA) is 95.0 Å². The van der Waals surface area contributed by atoms with E-state index in [0.29, 0.717) is 39.8 Å². The van der Waals surface area contributed by atoms with E-state index in [1.807, 2.05) is 43.4 Å². The third-order valence-corrected chi connectivity index (χ3v) is 5.76. The van der Waals surface area contributed by atoms with Crippen LogP contribution in [0.1, 0.15) is 21.7 Å². The van der Waals surface area contributed by atoms with E-state index in [1.165, 1.54) is 6.20 Å². The van der Waals surface area contributed by atoms with Crippen LogP contribution in [0.4, 0.5) is 3.89 Å². The molecule has 2 heterocycles. The molecule has 9 heteroatoms. The van der Waals surface area contributed by atoms with Gasteiger partial charge < -0.3 is 20.7 Å². The van der Waals surface area contributed by atoms with Gasteiger partial charge in [0, 0.05) is 29.6 Å². The third-order valence-electron chi connectivity index (χ3n) is 5.20. The molecule has 2 aromatic carbocycles. The molecule has 0 radical (unpaired) electrons. The van der Waals surface area contributed by atoms with Crippen LogP contribution in [0.3, 0.4) is 0 Å². The highest BCUT2D eigenvalue weighted by atomic mass is 32.2. The van der Waals surface area contributed by atoms with Crippen LogP contribution in [0.15, 0.2) is 78.3 Å². The molecule has 2 aromatic heterocycles. The molecule has 0 spiro atoms. The molecular weight excluding hydrogens is 465 g/mol. The number of para-hydroxylation sites is 2. The zero-order valence-corrected chi connectivity index (χ0v) is 20.4. The van der Waals surface area contributed by atoms with Gasteiger partial charge in [-0.05, 0) is 43.8 Å². The van der Waals surface area contributed by atoms with E-state index in [4.69, 9.17) is 0 Å². The van der Waals surface area contributed by atoms with Crippen molar-refractivity contribution in [3.63, 3.8) is 0 Å². The first-order chi connectivity index (χ1) is 17.0. The number of aromatic nitrogens is 3. The summed E-state index contributed by atoms with van der Waals surface area (Å²) in [6.07, 6.45) is 4.09. The van der Waals surface area contributed by atoms with Gasteiger partial charge in [-0.25, -0.2) is 4.68 Å². The summed E-state index contributed by atoms with van der Waals surface area (Å²) >= 11 is 0.167. The molecule has 0 aliphatic rings. The van der Waals surface area contributed by atoms with Crippen molar-refractivity contribution in [2.75, 3.05) is 20.1 Å². The summed E-state index contributed by atoms with van der Waals surface area (Å²) in [5.74, 6) is 0.821. The first kappa shape index (κ1) is 25.8. The van der Waals surface area contributed by atoms with Crippen molar-refractivity contribution in [2.24, 2.45) is 0 Å². The quantitative estimate of drug-likeness (QED) is 0.146. The number of phenols is 1. The first-order valence-corrected chi connectivity index (χ1v) is 11.6. The van der Waals surface area contributed by atoms with Gasteiger partial charge in [0.2, 0.25) is 0 Å². The number of benzene rings is 2. The molecule has 0 fully saturated rings. The molecule has 7 nitrogen and oxygen atoms in total. The van der Waals surface area contributed by atoms with Crippen LogP contribution in [0.25, 0.3) is 22.3 Å². The Morgan fingerprint density at radius 3 is 2.63 bits per heavy atom. The highest BCUT2D eigenvalue weighted by molar-refractivity contribution is 7.94. The summed E-state index contributed by atoms with van der Waals surface area (Å²) in [6, 6.07) is 16.6. The number of rotatable bonds is 9. The lowest BCUT2D eigenvalue weighted by molar-refractivity contribution is 0.111. The van der Waals surface area contributed by atoms with Gasteiger partial charge >= 0.3 is 0 Å². The van der Waals surface area contributed by atoms with Crippen LogP contribution in [0, 0.1) is 6.92 Å². The summed E-state index contributed by atoms with van der Waals surface area (Å²) < 4.78 is 14.5. The maximum atomic E-state index is 12.9. The van der Waals surface area contributed by atoms with Crippen LogP contribution < -0.4 is 10.6 Å². The van der Waals surface area contributed by atoms with E-state index in [0.717, 1.165) is 23.7 Å². The Morgan fingerprint density at radius 2 is 1.97 bits per heavy atom. The van der Waals surface area contributed by atoms with Crippen molar-refractivity contribution in [3.8, 4) is 5.75 Å². The van der Waals surface area contributed by atoms with Gasteiger partial charge in [0.05, 0.1) is 34.6 Å². The lowest BCUT2D eigenvalue weighted by atomic mass is 10.1. The van der Waals surface area contributed by atoms with Crippen LogP contribution in [-0.2, 0) is 0 Å². The predicted octanol–water partition coefficient (Wildman–Crippen LogP) is 5.17. The fourth-order valence-electron chi connectivity index (χ4n) is 3.36. The molecule has 0 amide bonds. The molecule has 182 valence electrons. The lowest BCUT2D eigenvalue weighted by Crippen LogP contribution is -2.27. The number of nitrogens with zero attached hydrogens (tertiary/aromatic N) is 2. The van der Waals surface area contributed by atoms with Gasteiger partial charge in [-0.15, -0.1) is 0 Å². The molecule has 35 heavy (non-hydrogen) atoms. The van der Waals surface area contributed by atoms with Crippen molar-refractivity contribution in [1.29, 1.82) is 0 Å². The van der Waals surface area contributed by atoms with Gasteiger partial charge in [0.15, 0.2) is 6.29 Å². The van der Waals surface area contributed by atoms with E-state index in [9.17, 15) is 13.8 Å². The van der Waals surface area contributed by atoms with Crippen molar-refractivity contribution >= 4 is 40.7 Å². The molecule has 0 saturated heterocycles. The Morgan fingerprint density at radius 1 is 1.23 bits per heavy atom. The minimum atomic E-state index is 0.158. The van der Waals surface area contributed by atoms with E-state index in [2.05, 4.69) is 27.3 Å². The number of carbonyl (C=O) groups is 1. The zero-order chi connectivity index (χ0) is 25.2. The average molecular weight is 494 g/mol. The second kappa shape index (κ2) is 12.6. The summed E-state index contributed by atoms with van der Waals surface area (Å²) in [5, 5.41) is 21.6. The number of carbonyl (C=O) groups excluding carboxylic acids is 1. The number of nitrogens with one attached hydrogen (secondary N) is 3. The maximum Gasteiger partial charge on any atom is 0.166 e. The number of fused-ring (bicyclic) bond motifs is 1. The second-order valence-electron chi connectivity index (χ2n) is 7.62. The minimum Gasteiger partial charge on any atom is -0.507 e. The lowest BCUT2D eigenvalue weighted by Gasteiger charge is -2.14. The summed E-state index contributed by atoms with van der Waals surface area (Å²) in [7, 11) is 1.86. The fourth-order valence-corrected chi connectivity index (χ4v) is 3.65. The number of hydrogen-bond donors (Lipinski definition) is 4. The molecule has 0 atom stereocenters. The summed E-state index contributed by atoms with van der Waals surface area (Å²) in [4.78, 5) is 13.8. The number of phenolic OH excluding ortho intramolecular Hbond substituents is 1. The van der Waals surface area contributed by atoms with E-state index in [1.54, 1.807) is 35.9 Å². The number of halogens is 1. The highest BCUT2D eigenvalue weighted by Gasteiger charge is 2.12. The van der Waals surface area contributed by atoms with Crippen LogP contribution >= 0.6 is 12.1 Å². The van der Waals surface area contributed by atoms with Crippen molar-refractivity contribution < 1.29 is 13.8 Å². The molecule has 4 rings (SSSR count). The Bertz CT molecular complexity index is 1300. The Kier molecular flexibility index (Phi) is 9.28. The first-order valence-electron chi connectivity index (χ1n) is 10.9. The van der Waals surface area contributed by atoms with E-state index < -0.39 is 0 Å². The van der Waals surface area contributed by atoms with Crippen molar-refractivity contribution in [3.05, 3.63) is 90.4 Å². The average Bonchev–Trinajstić information content (AvgIpc) is 3.47. The van der Waals surface area contributed by atoms with Crippen molar-refractivity contribution in [2.45, 2.75) is 11.8 Å². The predicted molar refractivity (Wildman–Crippen MR) is 141 cm³/mol. The van der Waals surface area contributed by atoms with Gasteiger partial charge in [-0.3, -0.25) is 4.79 Å². The fraction of sp³-hybridized carbons (Fsp3) is 0.154. The highest BCUT2D eigenvalue weighted by Crippen LogP contribution is 2.27. The smallest absolute Gasteiger partial charge is 0.166 e. The molecule has 0 saturated carbocycles. The molecule has 0 bridgehead atoms. The monoisotopic (exact) mass is 493 g/mol. The Hall–Kier alpha value is -3.82. The molecule has 0 aliphatic heterocycles. The number of hydrogen-bond acceptors (Lipinski definition) is 6. The summed E-state index contributed by atoms with van der Waals surface area (Å²) in [6.45, 7) is 7.24. The number of H-pyrrole nitrogens is 1. The molecule has 0 unspecified atom stereocenters. The van der Waals surface area contributed by atoms with Crippen molar-refractivity contribution in [1.82, 2.24) is 25.4 Å².